The second-order valence-electron chi connectivity index (χ2n) is 7.86. The predicted molar refractivity (Wildman–Crippen MR) is 109 cm³/mol. The Morgan fingerprint density at radius 3 is 2.47 bits per heavy atom. The van der Waals surface area contributed by atoms with Gasteiger partial charge in [0, 0.05) is 22.4 Å². The molecule has 3 heterocycles. The van der Waals surface area contributed by atoms with E-state index in [0.29, 0.717) is 34.7 Å². The fourth-order valence-corrected chi connectivity index (χ4v) is 5.11. The molecule has 1 fully saturated rings. The van der Waals surface area contributed by atoms with Gasteiger partial charge >= 0.3 is 0 Å². The van der Waals surface area contributed by atoms with Gasteiger partial charge in [-0.2, -0.15) is 0 Å². The third-order valence-corrected chi connectivity index (χ3v) is 6.52. The van der Waals surface area contributed by atoms with E-state index in [9.17, 15) is 14.7 Å². The molecule has 1 N–H and O–H groups in total. The molecule has 1 saturated heterocycles. The molecule has 0 spiro atoms. The second kappa shape index (κ2) is 6.09. The summed E-state index contributed by atoms with van der Waals surface area (Å²) in [5, 5.41) is 12.0. The number of hydrogen-bond donors (Lipinski definition) is 1. The number of carbonyl (C=O) groups excluding carboxylic acids is 2. The minimum Gasteiger partial charge on any atom is -0.493 e. The Morgan fingerprint density at radius 1 is 1.10 bits per heavy atom. The lowest BCUT2D eigenvalue weighted by atomic mass is 9.80. The highest BCUT2D eigenvalue weighted by atomic mass is 16.5. The van der Waals surface area contributed by atoms with Crippen molar-refractivity contribution in [2.45, 2.75) is 31.2 Å². The van der Waals surface area contributed by atoms with E-state index in [-0.39, 0.29) is 11.8 Å². The monoisotopic (exact) mass is 406 g/mol. The van der Waals surface area contributed by atoms with Crippen molar-refractivity contribution in [1.82, 2.24) is 9.80 Å². The number of ether oxygens (including phenoxy) is 2. The first-order chi connectivity index (χ1) is 14.3. The molecule has 2 aromatic carbocycles. The smallest absolute Gasteiger partial charge is 0.257 e. The van der Waals surface area contributed by atoms with Crippen LogP contribution in [0.25, 0.3) is 5.70 Å². The number of nitrogens with zero attached hydrogens (tertiary/aromatic N) is 2. The summed E-state index contributed by atoms with van der Waals surface area (Å²) in [6.45, 7) is 5.81. The van der Waals surface area contributed by atoms with Gasteiger partial charge in [-0.1, -0.05) is 24.8 Å². The van der Waals surface area contributed by atoms with Gasteiger partial charge in [0.1, 0.15) is 6.04 Å². The molecule has 3 aliphatic heterocycles. The molecule has 0 unspecified atom stereocenters. The van der Waals surface area contributed by atoms with Gasteiger partial charge in [0.05, 0.1) is 20.3 Å². The van der Waals surface area contributed by atoms with Crippen molar-refractivity contribution >= 4 is 17.5 Å². The number of piperazine rings is 1. The Labute approximate surface area is 174 Å². The van der Waals surface area contributed by atoms with Gasteiger partial charge in [0.15, 0.2) is 17.2 Å². The Hall–Kier alpha value is -3.32. The van der Waals surface area contributed by atoms with E-state index in [1.165, 1.54) is 4.90 Å². The second-order valence-corrected chi connectivity index (χ2v) is 7.86. The van der Waals surface area contributed by atoms with Gasteiger partial charge in [0.2, 0.25) is 5.91 Å². The van der Waals surface area contributed by atoms with Crippen LogP contribution in [0.15, 0.2) is 43.0 Å². The van der Waals surface area contributed by atoms with E-state index in [4.69, 9.17) is 9.47 Å². The Morgan fingerprint density at radius 2 is 1.77 bits per heavy atom. The lowest BCUT2D eigenvalue weighted by Gasteiger charge is -2.54. The van der Waals surface area contributed by atoms with Crippen LogP contribution in [0, 0.1) is 0 Å². The van der Waals surface area contributed by atoms with E-state index in [0.717, 1.165) is 11.1 Å². The average Bonchev–Trinajstić information content (AvgIpc) is 2.99. The minimum atomic E-state index is -1.64. The molecule has 0 saturated carbocycles. The van der Waals surface area contributed by atoms with Gasteiger partial charge in [-0.15, -0.1) is 0 Å². The van der Waals surface area contributed by atoms with Gasteiger partial charge in [-0.3, -0.25) is 14.5 Å². The first-order valence-electron chi connectivity index (χ1n) is 9.77. The summed E-state index contributed by atoms with van der Waals surface area (Å²) >= 11 is 0. The lowest BCUT2D eigenvalue weighted by Crippen LogP contribution is -2.70. The van der Waals surface area contributed by atoms with Gasteiger partial charge < -0.3 is 19.5 Å². The van der Waals surface area contributed by atoms with Crippen molar-refractivity contribution in [1.29, 1.82) is 0 Å². The van der Waals surface area contributed by atoms with Crippen LogP contribution in [-0.4, -0.2) is 53.0 Å². The zero-order valence-electron chi connectivity index (χ0n) is 17.0. The van der Waals surface area contributed by atoms with Crippen LogP contribution < -0.4 is 9.47 Å². The Balaban J connectivity index is 1.73. The molecule has 3 atom stereocenters. The average molecular weight is 406 g/mol. The van der Waals surface area contributed by atoms with E-state index in [2.05, 4.69) is 6.58 Å². The van der Waals surface area contributed by atoms with Crippen molar-refractivity contribution < 1.29 is 24.2 Å². The summed E-state index contributed by atoms with van der Waals surface area (Å²) in [5.74, 6) is 0.489. The van der Waals surface area contributed by atoms with E-state index < -0.39 is 17.8 Å². The van der Waals surface area contributed by atoms with E-state index in [1.807, 2.05) is 6.07 Å². The molecule has 0 aliphatic carbocycles. The molecule has 154 valence electrons. The minimum absolute atomic E-state index is 0.267. The molecule has 0 radical (unpaired) electrons. The van der Waals surface area contributed by atoms with Crippen LogP contribution in [0.2, 0.25) is 0 Å². The van der Waals surface area contributed by atoms with E-state index >= 15 is 0 Å². The van der Waals surface area contributed by atoms with E-state index in [1.54, 1.807) is 56.4 Å². The normalized spacial score (nSPS) is 26.7. The van der Waals surface area contributed by atoms with Crippen molar-refractivity contribution in [3.63, 3.8) is 0 Å². The topological polar surface area (TPSA) is 79.3 Å². The molecule has 0 bridgehead atoms. The fourth-order valence-electron chi connectivity index (χ4n) is 5.11. The predicted octanol–water partition coefficient (Wildman–Crippen LogP) is 2.13. The third-order valence-electron chi connectivity index (χ3n) is 6.52. The number of fused-ring (bicyclic) bond motifs is 6. The van der Waals surface area contributed by atoms with Gasteiger partial charge in [0.25, 0.3) is 5.91 Å². The third kappa shape index (κ3) is 2.07. The van der Waals surface area contributed by atoms with Crippen molar-refractivity contribution in [2.24, 2.45) is 0 Å². The van der Waals surface area contributed by atoms with Gasteiger partial charge in [-0.05, 0) is 37.1 Å². The number of methoxy groups -OCH3 is 2. The number of amides is 2. The molecule has 7 heteroatoms. The van der Waals surface area contributed by atoms with Gasteiger partial charge in [-0.25, -0.2) is 0 Å². The number of hydrogen-bond acceptors (Lipinski definition) is 5. The fraction of sp³-hybridized carbons (Fsp3) is 0.304. The number of aliphatic hydroxyl groups is 1. The zero-order chi connectivity index (χ0) is 21.4. The van der Waals surface area contributed by atoms with Crippen molar-refractivity contribution in [2.75, 3.05) is 14.2 Å². The number of benzene rings is 2. The zero-order valence-corrected chi connectivity index (χ0v) is 17.0. The first-order valence-corrected chi connectivity index (χ1v) is 9.77. The highest BCUT2D eigenvalue weighted by Gasteiger charge is 2.63. The van der Waals surface area contributed by atoms with Crippen LogP contribution in [0.5, 0.6) is 11.5 Å². The van der Waals surface area contributed by atoms with Crippen LogP contribution >= 0.6 is 0 Å². The Bertz CT molecular complexity index is 1130. The molecular formula is C23H22N2O5. The number of carbonyl (C=O) groups is 2. The van der Waals surface area contributed by atoms with Crippen LogP contribution in [0.3, 0.4) is 0 Å². The summed E-state index contributed by atoms with van der Waals surface area (Å²) in [6.07, 6.45) is 0.335. The summed E-state index contributed by atoms with van der Waals surface area (Å²) in [5.41, 5.74) is 1.40. The molecule has 2 aromatic rings. The largest absolute Gasteiger partial charge is 0.493 e. The molecule has 5 rings (SSSR count). The standard InChI is InChI=1S/C23H22N2O5/c1-12-16-11-19(30-4)18(29-3)9-14(16)10-20-23(28)17-8-6-5-7-15(17)22(27)25(23)13(2)21(26)24(12)20/h5-9,11,13,20,28H,1,10H2,2-4H3/t13-,20-,23+/m1/s1. The molecular weight excluding hydrogens is 384 g/mol. The maximum absolute atomic E-state index is 13.3. The quantitative estimate of drug-likeness (QED) is 0.827. The van der Waals surface area contributed by atoms with Crippen LogP contribution in [-0.2, 0) is 16.9 Å². The van der Waals surface area contributed by atoms with Crippen molar-refractivity contribution in [3.05, 3.63) is 65.2 Å². The van der Waals surface area contributed by atoms with Crippen LogP contribution in [0.1, 0.15) is 34.0 Å². The van der Waals surface area contributed by atoms with Crippen LogP contribution in [0.4, 0.5) is 0 Å². The van der Waals surface area contributed by atoms with Crippen molar-refractivity contribution in [3.8, 4) is 11.5 Å². The molecule has 3 aliphatic rings. The first kappa shape index (κ1) is 18.7. The Kier molecular flexibility index (Phi) is 3.79. The summed E-state index contributed by atoms with van der Waals surface area (Å²) < 4.78 is 10.8. The highest BCUT2D eigenvalue weighted by molar-refractivity contribution is 6.05. The number of rotatable bonds is 2. The highest BCUT2D eigenvalue weighted by Crippen LogP contribution is 2.51. The SMILES string of the molecule is C=C1c2cc(OC)c(OC)cc2C[C@H]2N1C(=O)[C@@H](C)N1C(=O)c3ccccc3[C@]21O. The summed E-state index contributed by atoms with van der Waals surface area (Å²) in [4.78, 5) is 29.3. The molecule has 2 amide bonds. The molecule has 30 heavy (non-hydrogen) atoms. The summed E-state index contributed by atoms with van der Waals surface area (Å²) in [6, 6.07) is 9.10. The lowest BCUT2D eigenvalue weighted by molar-refractivity contribution is -0.189. The summed E-state index contributed by atoms with van der Waals surface area (Å²) in [7, 11) is 3.11. The maximum atomic E-state index is 13.3. The maximum Gasteiger partial charge on any atom is 0.257 e. The molecule has 7 nitrogen and oxygen atoms in total. The molecule has 0 aromatic heterocycles.